The van der Waals surface area contributed by atoms with Crippen molar-refractivity contribution in [1.82, 2.24) is 14.8 Å². The van der Waals surface area contributed by atoms with Gasteiger partial charge in [0, 0.05) is 30.4 Å². The van der Waals surface area contributed by atoms with Crippen LogP contribution < -0.4 is 10.9 Å². The van der Waals surface area contributed by atoms with Crippen molar-refractivity contribution in [2.45, 2.75) is 0 Å². The van der Waals surface area contributed by atoms with Gasteiger partial charge in [0.05, 0.1) is 0 Å². The van der Waals surface area contributed by atoms with E-state index in [0.29, 0.717) is 10.7 Å². The second-order valence-corrected chi connectivity index (χ2v) is 5.57. The maximum atomic E-state index is 12.1. The molecule has 0 fully saturated rings. The van der Waals surface area contributed by atoms with Crippen LogP contribution in [0.3, 0.4) is 0 Å². The largest absolute Gasteiger partial charge is 0.319 e. The maximum absolute atomic E-state index is 12.1. The van der Waals surface area contributed by atoms with E-state index in [4.69, 9.17) is 0 Å². The Morgan fingerprint density at radius 2 is 1.95 bits per heavy atom. The molecular formula is C15H12N4O2S. The smallest absolute Gasteiger partial charge is 0.257 e. The number of anilines is 1. The van der Waals surface area contributed by atoms with Gasteiger partial charge in [0.1, 0.15) is 5.01 Å². The third kappa shape index (κ3) is 2.94. The zero-order chi connectivity index (χ0) is 15.5. The summed E-state index contributed by atoms with van der Waals surface area (Å²) >= 11 is 1.28. The fourth-order valence-electron chi connectivity index (χ4n) is 1.83. The van der Waals surface area contributed by atoms with Gasteiger partial charge in [0.2, 0.25) is 5.13 Å². The number of carbonyl (C=O) groups excluding carboxylic acids is 1. The van der Waals surface area contributed by atoms with Crippen molar-refractivity contribution in [1.29, 1.82) is 0 Å². The SMILES string of the molecule is Cn1ccc(C(=O)Nc2nnc(-c3ccccc3)s2)cc1=O. The third-order valence-corrected chi connectivity index (χ3v) is 3.92. The van der Waals surface area contributed by atoms with Crippen molar-refractivity contribution in [2.75, 3.05) is 5.32 Å². The molecule has 0 atom stereocenters. The van der Waals surface area contributed by atoms with Crippen molar-refractivity contribution in [2.24, 2.45) is 7.05 Å². The monoisotopic (exact) mass is 312 g/mol. The van der Waals surface area contributed by atoms with E-state index in [9.17, 15) is 9.59 Å². The first-order valence-electron chi connectivity index (χ1n) is 6.50. The molecule has 0 unspecified atom stereocenters. The molecule has 1 aromatic carbocycles. The van der Waals surface area contributed by atoms with E-state index >= 15 is 0 Å². The summed E-state index contributed by atoms with van der Waals surface area (Å²) in [6.45, 7) is 0. The number of amides is 1. The Kier molecular flexibility index (Phi) is 3.80. The van der Waals surface area contributed by atoms with Crippen LogP contribution in [0.2, 0.25) is 0 Å². The number of aromatic nitrogens is 3. The lowest BCUT2D eigenvalue weighted by Gasteiger charge is -2.01. The first-order valence-corrected chi connectivity index (χ1v) is 7.32. The Hall–Kier alpha value is -2.80. The molecule has 0 aliphatic rings. The molecule has 22 heavy (non-hydrogen) atoms. The van der Waals surface area contributed by atoms with E-state index in [1.54, 1.807) is 19.3 Å². The summed E-state index contributed by atoms with van der Waals surface area (Å²) in [6.07, 6.45) is 1.55. The van der Waals surface area contributed by atoms with Crippen LogP contribution >= 0.6 is 11.3 Å². The van der Waals surface area contributed by atoms with Crippen molar-refractivity contribution < 1.29 is 4.79 Å². The molecule has 0 aliphatic carbocycles. The summed E-state index contributed by atoms with van der Waals surface area (Å²) in [6, 6.07) is 12.5. The Bertz CT molecular complexity index is 871. The number of hydrogen-bond acceptors (Lipinski definition) is 5. The Balaban J connectivity index is 1.79. The van der Waals surface area contributed by atoms with Crippen LogP contribution in [-0.2, 0) is 7.05 Å². The zero-order valence-corrected chi connectivity index (χ0v) is 12.5. The van der Waals surface area contributed by atoms with E-state index in [-0.39, 0.29) is 11.5 Å². The van der Waals surface area contributed by atoms with Crippen LogP contribution in [0.15, 0.2) is 53.5 Å². The lowest BCUT2D eigenvalue weighted by molar-refractivity contribution is 0.102. The van der Waals surface area contributed by atoms with Crippen LogP contribution in [0.25, 0.3) is 10.6 Å². The van der Waals surface area contributed by atoms with Gasteiger partial charge in [-0.15, -0.1) is 10.2 Å². The van der Waals surface area contributed by atoms with Crippen LogP contribution in [0.1, 0.15) is 10.4 Å². The maximum Gasteiger partial charge on any atom is 0.257 e. The number of pyridine rings is 1. The quantitative estimate of drug-likeness (QED) is 0.804. The van der Waals surface area contributed by atoms with Gasteiger partial charge in [-0.05, 0) is 6.07 Å². The van der Waals surface area contributed by atoms with Crippen molar-refractivity contribution in [3.8, 4) is 10.6 Å². The van der Waals surface area contributed by atoms with Gasteiger partial charge in [-0.25, -0.2) is 0 Å². The first-order chi connectivity index (χ1) is 10.6. The number of aryl methyl sites for hydroxylation is 1. The molecule has 0 bridgehead atoms. The summed E-state index contributed by atoms with van der Waals surface area (Å²) in [7, 11) is 1.63. The summed E-state index contributed by atoms with van der Waals surface area (Å²) in [5.74, 6) is -0.381. The molecule has 0 radical (unpaired) electrons. The van der Waals surface area contributed by atoms with E-state index in [1.807, 2.05) is 30.3 Å². The van der Waals surface area contributed by atoms with Crippen molar-refractivity contribution >= 4 is 22.4 Å². The average Bonchev–Trinajstić information content (AvgIpc) is 2.99. The standard InChI is InChI=1S/C15H12N4O2S/c1-19-8-7-11(9-12(19)20)13(21)16-15-18-17-14(22-15)10-5-3-2-4-6-10/h2-9H,1H3,(H,16,18,21). The van der Waals surface area contributed by atoms with Crippen LogP contribution in [0.5, 0.6) is 0 Å². The minimum Gasteiger partial charge on any atom is -0.319 e. The topological polar surface area (TPSA) is 76.9 Å². The lowest BCUT2D eigenvalue weighted by Crippen LogP contribution is -2.19. The molecular weight excluding hydrogens is 300 g/mol. The number of rotatable bonds is 3. The molecule has 0 saturated heterocycles. The van der Waals surface area contributed by atoms with Crippen LogP contribution in [0.4, 0.5) is 5.13 Å². The zero-order valence-electron chi connectivity index (χ0n) is 11.7. The summed E-state index contributed by atoms with van der Waals surface area (Å²) in [5.41, 5.74) is 0.989. The second-order valence-electron chi connectivity index (χ2n) is 4.60. The molecule has 0 spiro atoms. The minimum absolute atomic E-state index is 0.241. The molecule has 3 aromatic rings. The molecule has 1 N–H and O–H groups in total. The highest BCUT2D eigenvalue weighted by Gasteiger charge is 2.11. The Morgan fingerprint density at radius 3 is 2.68 bits per heavy atom. The lowest BCUT2D eigenvalue weighted by atomic mass is 10.2. The molecule has 3 rings (SSSR count). The third-order valence-electron chi connectivity index (χ3n) is 3.03. The Morgan fingerprint density at radius 1 is 1.18 bits per heavy atom. The highest BCUT2D eigenvalue weighted by molar-refractivity contribution is 7.18. The van der Waals surface area contributed by atoms with E-state index in [1.165, 1.54) is 22.0 Å². The van der Waals surface area contributed by atoms with Gasteiger partial charge in [-0.3, -0.25) is 14.9 Å². The predicted octanol–water partition coefficient (Wildman–Crippen LogP) is 2.16. The highest BCUT2D eigenvalue weighted by atomic mass is 32.1. The normalized spacial score (nSPS) is 10.4. The molecule has 6 nitrogen and oxygen atoms in total. The highest BCUT2D eigenvalue weighted by Crippen LogP contribution is 2.26. The van der Waals surface area contributed by atoms with E-state index < -0.39 is 0 Å². The molecule has 0 saturated carbocycles. The van der Waals surface area contributed by atoms with E-state index in [0.717, 1.165) is 10.6 Å². The molecule has 110 valence electrons. The van der Waals surface area contributed by atoms with E-state index in [2.05, 4.69) is 15.5 Å². The van der Waals surface area contributed by atoms with Crippen molar-refractivity contribution in [3.63, 3.8) is 0 Å². The number of nitrogens with zero attached hydrogens (tertiary/aromatic N) is 3. The van der Waals surface area contributed by atoms with Gasteiger partial charge in [0.25, 0.3) is 11.5 Å². The minimum atomic E-state index is -0.381. The summed E-state index contributed by atoms with van der Waals surface area (Å²) < 4.78 is 1.40. The number of carbonyl (C=O) groups is 1. The van der Waals surface area contributed by atoms with Gasteiger partial charge >= 0.3 is 0 Å². The molecule has 1 amide bonds. The van der Waals surface area contributed by atoms with Gasteiger partial charge in [-0.1, -0.05) is 41.7 Å². The van der Waals surface area contributed by atoms with Gasteiger partial charge in [-0.2, -0.15) is 0 Å². The number of hydrogen-bond donors (Lipinski definition) is 1. The summed E-state index contributed by atoms with van der Waals surface area (Å²) in [5, 5.41) is 11.8. The van der Waals surface area contributed by atoms with Crippen LogP contribution in [0, 0.1) is 0 Å². The Labute approximate surface area is 130 Å². The first kappa shape index (κ1) is 14.2. The van der Waals surface area contributed by atoms with Gasteiger partial charge < -0.3 is 4.57 Å². The second kappa shape index (κ2) is 5.90. The van der Waals surface area contributed by atoms with Gasteiger partial charge in [0.15, 0.2) is 0 Å². The fourth-order valence-corrected chi connectivity index (χ4v) is 2.57. The molecule has 0 aliphatic heterocycles. The average molecular weight is 312 g/mol. The fraction of sp³-hybridized carbons (Fsp3) is 0.0667. The predicted molar refractivity (Wildman–Crippen MR) is 85.0 cm³/mol. The number of benzene rings is 1. The molecule has 2 aromatic heterocycles. The molecule has 7 heteroatoms. The van der Waals surface area contributed by atoms with Crippen LogP contribution in [-0.4, -0.2) is 20.7 Å². The van der Waals surface area contributed by atoms with Crippen molar-refractivity contribution in [3.05, 3.63) is 64.6 Å². The summed E-state index contributed by atoms with van der Waals surface area (Å²) in [4.78, 5) is 23.6. The molecule has 2 heterocycles. The number of nitrogens with one attached hydrogen (secondary N) is 1.